The molecule has 1 amide bonds. The van der Waals surface area contributed by atoms with Crippen molar-refractivity contribution in [3.05, 3.63) is 52.2 Å². The van der Waals surface area contributed by atoms with Gasteiger partial charge in [-0.05, 0) is 29.6 Å². The number of hydrogen-bond acceptors (Lipinski definition) is 4. The SMILES string of the molecule is N#Cc1cccc(NC(=O)CCOCCc2cccs2)c1. The summed E-state index contributed by atoms with van der Waals surface area (Å²) in [7, 11) is 0. The fraction of sp³-hybridized carbons (Fsp3) is 0.250. The van der Waals surface area contributed by atoms with Crippen molar-refractivity contribution in [2.45, 2.75) is 12.8 Å². The minimum absolute atomic E-state index is 0.110. The number of nitrogens with zero attached hydrogens (tertiary/aromatic N) is 1. The topological polar surface area (TPSA) is 62.1 Å². The van der Waals surface area contributed by atoms with Gasteiger partial charge in [0.05, 0.1) is 31.3 Å². The van der Waals surface area contributed by atoms with Crippen molar-refractivity contribution in [1.29, 1.82) is 5.26 Å². The number of carbonyl (C=O) groups is 1. The molecule has 0 aliphatic rings. The summed E-state index contributed by atoms with van der Waals surface area (Å²) in [5.74, 6) is -0.110. The molecular formula is C16H16N2O2S. The number of rotatable bonds is 7. The number of hydrogen-bond donors (Lipinski definition) is 1. The summed E-state index contributed by atoms with van der Waals surface area (Å²) in [6, 6.07) is 13.0. The van der Waals surface area contributed by atoms with Crippen molar-refractivity contribution in [3.63, 3.8) is 0 Å². The monoisotopic (exact) mass is 300 g/mol. The molecule has 1 N–H and O–H groups in total. The molecule has 2 aromatic rings. The van der Waals surface area contributed by atoms with Gasteiger partial charge in [0.2, 0.25) is 5.91 Å². The number of carbonyl (C=O) groups excluding carboxylic acids is 1. The van der Waals surface area contributed by atoms with E-state index in [1.165, 1.54) is 4.88 Å². The highest BCUT2D eigenvalue weighted by Gasteiger charge is 2.03. The summed E-state index contributed by atoms with van der Waals surface area (Å²) in [6.45, 7) is 1.02. The first kappa shape index (κ1) is 15.2. The largest absolute Gasteiger partial charge is 0.381 e. The van der Waals surface area contributed by atoms with Gasteiger partial charge in [-0.3, -0.25) is 4.79 Å². The minimum atomic E-state index is -0.110. The zero-order valence-electron chi connectivity index (χ0n) is 11.5. The van der Waals surface area contributed by atoms with Crippen molar-refractivity contribution in [3.8, 4) is 6.07 Å². The second-order valence-corrected chi connectivity index (χ2v) is 5.46. The van der Waals surface area contributed by atoms with Crippen LogP contribution in [0, 0.1) is 11.3 Å². The predicted octanol–water partition coefficient (Wildman–Crippen LogP) is 3.21. The van der Waals surface area contributed by atoms with Crippen LogP contribution in [-0.4, -0.2) is 19.1 Å². The van der Waals surface area contributed by atoms with Gasteiger partial charge in [0, 0.05) is 17.0 Å². The van der Waals surface area contributed by atoms with Gasteiger partial charge in [-0.1, -0.05) is 12.1 Å². The standard InChI is InChI=1S/C16H16N2O2S/c17-12-13-3-1-4-14(11-13)18-16(19)7-9-20-8-6-15-5-2-10-21-15/h1-5,10-11H,6-9H2,(H,18,19). The van der Waals surface area contributed by atoms with E-state index in [0.29, 0.717) is 30.9 Å². The van der Waals surface area contributed by atoms with E-state index < -0.39 is 0 Å². The minimum Gasteiger partial charge on any atom is -0.381 e. The van der Waals surface area contributed by atoms with Crippen molar-refractivity contribution >= 4 is 22.9 Å². The lowest BCUT2D eigenvalue weighted by atomic mass is 10.2. The molecule has 0 saturated carbocycles. The lowest BCUT2D eigenvalue weighted by Gasteiger charge is -2.06. The third-order valence-corrected chi connectivity index (χ3v) is 3.76. The molecule has 0 saturated heterocycles. The molecule has 1 aromatic carbocycles. The Kier molecular flexibility index (Phi) is 5.95. The molecule has 0 bridgehead atoms. The molecule has 108 valence electrons. The molecule has 0 unspecified atom stereocenters. The summed E-state index contributed by atoms with van der Waals surface area (Å²) >= 11 is 1.71. The molecule has 5 heteroatoms. The fourth-order valence-electron chi connectivity index (χ4n) is 1.78. The van der Waals surface area contributed by atoms with Gasteiger partial charge in [0.15, 0.2) is 0 Å². The highest BCUT2D eigenvalue weighted by Crippen LogP contribution is 2.10. The van der Waals surface area contributed by atoms with Crippen LogP contribution in [0.25, 0.3) is 0 Å². The highest BCUT2D eigenvalue weighted by atomic mass is 32.1. The number of anilines is 1. The predicted molar refractivity (Wildman–Crippen MR) is 83.2 cm³/mol. The maximum absolute atomic E-state index is 11.7. The molecule has 2 rings (SSSR count). The number of thiophene rings is 1. The van der Waals surface area contributed by atoms with Crippen LogP contribution in [0.3, 0.4) is 0 Å². The number of benzene rings is 1. The second kappa shape index (κ2) is 8.20. The van der Waals surface area contributed by atoms with Gasteiger partial charge >= 0.3 is 0 Å². The zero-order valence-corrected chi connectivity index (χ0v) is 12.4. The van der Waals surface area contributed by atoms with Crippen LogP contribution in [-0.2, 0) is 16.0 Å². The Hall–Kier alpha value is -2.16. The van der Waals surface area contributed by atoms with Crippen molar-refractivity contribution < 1.29 is 9.53 Å². The quantitative estimate of drug-likeness (QED) is 0.799. The molecule has 1 heterocycles. The first-order chi connectivity index (χ1) is 10.3. The molecule has 0 aliphatic heterocycles. The normalized spacial score (nSPS) is 10.0. The summed E-state index contributed by atoms with van der Waals surface area (Å²) in [5.41, 5.74) is 1.16. The van der Waals surface area contributed by atoms with Crippen molar-refractivity contribution in [1.82, 2.24) is 0 Å². The number of amides is 1. The van der Waals surface area contributed by atoms with Gasteiger partial charge in [-0.15, -0.1) is 11.3 Å². The van der Waals surface area contributed by atoms with E-state index in [9.17, 15) is 4.79 Å². The van der Waals surface area contributed by atoms with Crippen LogP contribution in [0.15, 0.2) is 41.8 Å². The molecule has 0 aliphatic carbocycles. The lowest BCUT2D eigenvalue weighted by Crippen LogP contribution is -2.14. The molecule has 21 heavy (non-hydrogen) atoms. The highest BCUT2D eigenvalue weighted by molar-refractivity contribution is 7.09. The molecule has 0 fully saturated rings. The average molecular weight is 300 g/mol. The van der Waals surface area contributed by atoms with Crippen LogP contribution in [0.1, 0.15) is 16.9 Å². The number of nitrogens with one attached hydrogen (secondary N) is 1. The maximum atomic E-state index is 11.7. The Bertz CT molecular complexity index is 617. The second-order valence-electron chi connectivity index (χ2n) is 4.43. The van der Waals surface area contributed by atoms with E-state index in [0.717, 1.165) is 6.42 Å². The van der Waals surface area contributed by atoms with Crippen LogP contribution in [0.4, 0.5) is 5.69 Å². The maximum Gasteiger partial charge on any atom is 0.226 e. The first-order valence-electron chi connectivity index (χ1n) is 6.68. The van der Waals surface area contributed by atoms with E-state index in [1.54, 1.807) is 35.6 Å². The van der Waals surface area contributed by atoms with Crippen LogP contribution in [0.2, 0.25) is 0 Å². The summed E-state index contributed by atoms with van der Waals surface area (Å²) in [4.78, 5) is 13.0. The number of ether oxygens (including phenoxy) is 1. The van der Waals surface area contributed by atoms with E-state index in [4.69, 9.17) is 10.00 Å². The van der Waals surface area contributed by atoms with Gasteiger partial charge in [0.1, 0.15) is 0 Å². The Balaban J connectivity index is 1.64. The smallest absolute Gasteiger partial charge is 0.226 e. The van der Waals surface area contributed by atoms with Crippen LogP contribution < -0.4 is 5.32 Å². The molecule has 1 aromatic heterocycles. The van der Waals surface area contributed by atoms with Gasteiger partial charge in [-0.25, -0.2) is 0 Å². The van der Waals surface area contributed by atoms with E-state index in [1.807, 2.05) is 17.5 Å². The Labute approximate surface area is 128 Å². The summed E-state index contributed by atoms with van der Waals surface area (Å²) < 4.78 is 5.45. The third-order valence-electron chi connectivity index (χ3n) is 2.82. The van der Waals surface area contributed by atoms with E-state index >= 15 is 0 Å². The summed E-state index contributed by atoms with van der Waals surface area (Å²) in [6.07, 6.45) is 1.19. The third kappa shape index (κ3) is 5.38. The van der Waals surface area contributed by atoms with Crippen LogP contribution >= 0.6 is 11.3 Å². The summed E-state index contributed by atoms with van der Waals surface area (Å²) in [5, 5.41) is 13.6. The zero-order chi connectivity index (χ0) is 14.9. The van der Waals surface area contributed by atoms with E-state index in [2.05, 4.69) is 11.4 Å². The van der Waals surface area contributed by atoms with E-state index in [-0.39, 0.29) is 5.91 Å². The average Bonchev–Trinajstić information content (AvgIpc) is 3.00. The number of nitriles is 1. The van der Waals surface area contributed by atoms with Gasteiger partial charge < -0.3 is 10.1 Å². The molecule has 4 nitrogen and oxygen atoms in total. The van der Waals surface area contributed by atoms with Gasteiger partial charge in [0.25, 0.3) is 0 Å². The Morgan fingerprint density at radius 1 is 1.29 bits per heavy atom. The van der Waals surface area contributed by atoms with Crippen molar-refractivity contribution in [2.24, 2.45) is 0 Å². The Morgan fingerprint density at radius 3 is 2.95 bits per heavy atom. The molecule has 0 radical (unpaired) electrons. The first-order valence-corrected chi connectivity index (χ1v) is 7.56. The molecule has 0 spiro atoms. The lowest BCUT2D eigenvalue weighted by molar-refractivity contribution is -0.117. The van der Waals surface area contributed by atoms with Crippen molar-refractivity contribution in [2.75, 3.05) is 18.5 Å². The van der Waals surface area contributed by atoms with Gasteiger partial charge in [-0.2, -0.15) is 5.26 Å². The fourth-order valence-corrected chi connectivity index (χ4v) is 2.47. The van der Waals surface area contributed by atoms with Crippen LogP contribution in [0.5, 0.6) is 0 Å². The Morgan fingerprint density at radius 2 is 2.19 bits per heavy atom. The molecular weight excluding hydrogens is 284 g/mol. The molecule has 0 atom stereocenters.